The molecule has 0 N–H and O–H groups in total. The van der Waals surface area contributed by atoms with Crippen LogP contribution < -0.4 is 14.2 Å². The van der Waals surface area contributed by atoms with Crippen molar-refractivity contribution in [1.82, 2.24) is 29.7 Å². The molecule has 68 heavy (non-hydrogen) atoms. The largest absolute Gasteiger partial charge is 0.487 e. The van der Waals surface area contributed by atoms with Crippen molar-refractivity contribution in [2.24, 2.45) is 0 Å². The van der Waals surface area contributed by atoms with Crippen LogP contribution in [0.15, 0.2) is 73.2 Å². The Kier molecular flexibility index (Phi) is 14.7. The molecule has 0 aliphatic carbocycles. The fourth-order valence-electron chi connectivity index (χ4n) is 8.06. The van der Waals surface area contributed by atoms with Crippen LogP contribution in [0.2, 0.25) is 5.02 Å². The van der Waals surface area contributed by atoms with E-state index in [0.29, 0.717) is 65.6 Å². The number of rotatable bonds is 12. The number of hydrogen-bond acceptors (Lipinski definition) is 12. The molecule has 1 saturated heterocycles. The van der Waals surface area contributed by atoms with Crippen LogP contribution in [0.4, 0.5) is 26.3 Å². The van der Waals surface area contributed by atoms with Crippen molar-refractivity contribution < 1.29 is 54.9 Å². The number of thiophene rings is 1. The first kappa shape index (κ1) is 48.4. The van der Waals surface area contributed by atoms with Crippen molar-refractivity contribution in [2.75, 3.05) is 39.4 Å². The maximum absolute atomic E-state index is 14.5. The monoisotopic (exact) mass is 982 g/mol. The third kappa shape index (κ3) is 11.6. The van der Waals surface area contributed by atoms with Crippen molar-refractivity contribution in [1.29, 1.82) is 0 Å². The highest BCUT2D eigenvalue weighted by Gasteiger charge is 2.35. The molecular formula is C48H45ClF6N6O6S. The molecule has 1 amide bonds. The van der Waals surface area contributed by atoms with Gasteiger partial charge in [-0.1, -0.05) is 48.0 Å². The second-order valence-corrected chi connectivity index (χ2v) is 17.8. The molecule has 0 radical (unpaired) electrons. The average molecular weight is 983 g/mol. The highest BCUT2D eigenvalue weighted by Crippen LogP contribution is 2.49. The molecule has 0 unspecified atom stereocenters. The molecule has 9 rings (SSSR count). The zero-order chi connectivity index (χ0) is 48.2. The van der Waals surface area contributed by atoms with Gasteiger partial charge in [-0.3, -0.25) is 4.79 Å². The minimum atomic E-state index is -4.43. The van der Waals surface area contributed by atoms with Crippen LogP contribution in [0.25, 0.3) is 31.8 Å². The van der Waals surface area contributed by atoms with Gasteiger partial charge in [-0.2, -0.15) is 18.2 Å². The number of benzene rings is 3. The van der Waals surface area contributed by atoms with E-state index in [4.69, 9.17) is 30.5 Å². The van der Waals surface area contributed by atoms with Crippen LogP contribution in [0, 0.1) is 12.7 Å². The van der Waals surface area contributed by atoms with Gasteiger partial charge < -0.3 is 28.7 Å². The lowest BCUT2D eigenvalue weighted by Crippen LogP contribution is -2.44. The van der Waals surface area contributed by atoms with Gasteiger partial charge in [-0.15, -0.1) is 11.3 Å². The molecule has 12 nitrogen and oxygen atoms in total. The van der Waals surface area contributed by atoms with Crippen LogP contribution in [0.3, 0.4) is 0 Å². The number of amides is 1. The Bertz CT molecular complexity index is 2790. The number of fused-ring (bicyclic) bond motifs is 7. The number of esters is 1. The van der Waals surface area contributed by atoms with Crippen LogP contribution >= 0.6 is 22.9 Å². The zero-order valence-electron chi connectivity index (χ0n) is 36.9. The molecule has 358 valence electrons. The maximum Gasteiger partial charge on any atom is 0.392 e. The number of aromatic nitrogens is 4. The number of carbonyl (C=O) groups is 2. The van der Waals surface area contributed by atoms with Gasteiger partial charge in [0.25, 0.3) is 5.92 Å². The summed E-state index contributed by atoms with van der Waals surface area (Å²) >= 11 is 8.56. The predicted molar refractivity (Wildman–Crippen MR) is 241 cm³/mol. The second kappa shape index (κ2) is 20.7. The Morgan fingerprint density at radius 1 is 0.985 bits per heavy atom. The van der Waals surface area contributed by atoms with E-state index in [9.17, 15) is 35.9 Å². The highest BCUT2D eigenvalue weighted by molar-refractivity contribution is 7.22. The van der Waals surface area contributed by atoms with Crippen molar-refractivity contribution in [3.05, 3.63) is 112 Å². The van der Waals surface area contributed by atoms with Gasteiger partial charge in [0, 0.05) is 73.6 Å². The molecule has 0 saturated carbocycles. The summed E-state index contributed by atoms with van der Waals surface area (Å²) in [7, 11) is 0. The number of ether oxygens (including phenoxy) is 4. The third-order valence-electron chi connectivity index (χ3n) is 11.7. The van der Waals surface area contributed by atoms with E-state index in [1.54, 1.807) is 42.2 Å². The molecule has 3 aromatic carbocycles. The van der Waals surface area contributed by atoms with Gasteiger partial charge in [0.15, 0.2) is 0 Å². The summed E-state index contributed by atoms with van der Waals surface area (Å²) in [5, 5.41) is 0.830. The van der Waals surface area contributed by atoms with Crippen molar-refractivity contribution in [2.45, 2.75) is 77.3 Å². The molecule has 3 aliphatic heterocycles. The summed E-state index contributed by atoms with van der Waals surface area (Å²) < 4.78 is 104. The van der Waals surface area contributed by atoms with E-state index in [2.05, 4.69) is 19.9 Å². The molecule has 20 heteroatoms. The standard InChI is InChI=1S/C48H45ClF6N6O6S/c1-3-64-45(63)37-24-32-22-29(4-11-36(32)66-26-34-12-16-56-46(59-34)65-21-15-48(53,54)55)23-38(62)61(20-19-60-17-13-47(51,52)14-18-60)25-31-7-10-35(28(2)41(31)49)39-40-43(67-37)57-27-58-44(40)68-42(39)30-5-8-33(50)9-6-30/h4-12,16,22,27,37H,3,13-15,17-21,23-26H2,1-2H3/t37-/m1/s1. The first-order valence-corrected chi connectivity index (χ1v) is 23.0. The second-order valence-electron chi connectivity index (χ2n) is 16.4. The van der Waals surface area contributed by atoms with Crippen LogP contribution in [0.1, 0.15) is 54.1 Å². The first-order valence-electron chi connectivity index (χ1n) is 21.8. The zero-order valence-corrected chi connectivity index (χ0v) is 38.5. The summed E-state index contributed by atoms with van der Waals surface area (Å²) in [6.07, 6.45) is -5.17. The summed E-state index contributed by atoms with van der Waals surface area (Å²) in [6.45, 7) is 3.62. The van der Waals surface area contributed by atoms with E-state index < -0.39 is 43.0 Å². The van der Waals surface area contributed by atoms with Crippen LogP contribution in [0.5, 0.6) is 17.6 Å². The Morgan fingerprint density at radius 2 is 1.76 bits per heavy atom. The summed E-state index contributed by atoms with van der Waals surface area (Å²) in [4.78, 5) is 50.5. The topological polar surface area (TPSA) is 129 Å². The number of hydrogen-bond donors (Lipinski definition) is 0. The Balaban J connectivity index is 1.22. The number of carbonyl (C=O) groups excluding carboxylic acids is 2. The number of likely N-dealkylation sites (tertiary alicyclic amines) is 1. The van der Waals surface area contributed by atoms with Gasteiger partial charge in [0.2, 0.25) is 17.9 Å². The van der Waals surface area contributed by atoms with Gasteiger partial charge in [0.05, 0.1) is 30.5 Å². The van der Waals surface area contributed by atoms with Crippen molar-refractivity contribution in [3.63, 3.8) is 0 Å². The predicted octanol–water partition coefficient (Wildman–Crippen LogP) is 10.00. The molecule has 1 atom stereocenters. The Morgan fingerprint density at radius 3 is 2.51 bits per heavy atom. The quantitative estimate of drug-likeness (QED) is 0.0859. The van der Waals surface area contributed by atoms with Gasteiger partial charge in [0.1, 0.15) is 35.9 Å². The van der Waals surface area contributed by atoms with E-state index in [0.717, 1.165) is 0 Å². The minimum Gasteiger partial charge on any atom is -0.487 e. The number of halogens is 7. The Labute approximate surface area is 396 Å². The molecule has 6 aromatic rings. The fourth-order valence-corrected chi connectivity index (χ4v) is 9.44. The molecule has 6 heterocycles. The highest BCUT2D eigenvalue weighted by atomic mass is 35.5. The minimum absolute atomic E-state index is 0.00894. The van der Waals surface area contributed by atoms with E-state index in [-0.39, 0.29) is 94.3 Å². The van der Waals surface area contributed by atoms with E-state index in [1.807, 2.05) is 24.0 Å². The first-order chi connectivity index (χ1) is 32.5. The SMILES string of the molecule is CCOC(=O)[C@H]1Cc2cc(ccc2OCc2ccnc(OCCC(F)(F)F)n2)CC(=O)N(CCN2CCC(F)(F)CC2)Cc2ccc(c(C)c2Cl)-c2c(-c3ccc(F)cc3)sc3ncnc(c23)O1. The smallest absolute Gasteiger partial charge is 0.392 e. The lowest BCUT2D eigenvalue weighted by molar-refractivity contribution is -0.151. The molecule has 3 aliphatic rings. The fraction of sp³-hybridized carbons (Fsp3) is 0.375. The van der Waals surface area contributed by atoms with Crippen molar-refractivity contribution in [3.8, 4) is 39.2 Å². The number of nitrogens with zero attached hydrogens (tertiary/aromatic N) is 6. The van der Waals surface area contributed by atoms with Gasteiger partial charge in [-0.05, 0) is 71.5 Å². The molecular weight excluding hydrogens is 938 g/mol. The normalized spacial score (nSPS) is 16.6. The van der Waals surface area contributed by atoms with Crippen molar-refractivity contribution >= 4 is 45.0 Å². The van der Waals surface area contributed by atoms with Gasteiger partial charge >= 0.3 is 18.2 Å². The van der Waals surface area contributed by atoms with Crippen LogP contribution in [-0.2, 0) is 40.3 Å². The number of piperidine rings is 1. The van der Waals surface area contributed by atoms with Crippen LogP contribution in [-0.4, -0.2) is 99.2 Å². The molecule has 4 bridgehead atoms. The average Bonchev–Trinajstić information content (AvgIpc) is 3.69. The Hall–Kier alpha value is -6.05. The number of alkyl halides is 5. The summed E-state index contributed by atoms with van der Waals surface area (Å²) in [5.41, 5.74) is 4.45. The lowest BCUT2D eigenvalue weighted by atomic mass is 9.94. The van der Waals surface area contributed by atoms with E-state index >= 15 is 0 Å². The molecule has 3 aromatic heterocycles. The third-order valence-corrected chi connectivity index (χ3v) is 13.3. The van der Waals surface area contributed by atoms with Gasteiger partial charge in [-0.25, -0.2) is 32.9 Å². The lowest BCUT2D eigenvalue weighted by Gasteiger charge is -2.33. The maximum atomic E-state index is 14.5. The molecule has 0 spiro atoms. The van der Waals surface area contributed by atoms with E-state index in [1.165, 1.54) is 42.1 Å². The summed E-state index contributed by atoms with van der Waals surface area (Å²) in [5.74, 6) is -3.89. The summed E-state index contributed by atoms with van der Waals surface area (Å²) in [6, 6.07) is 15.9. The molecule has 1 fully saturated rings.